The fourth-order valence-electron chi connectivity index (χ4n) is 3.80. The highest BCUT2D eigenvalue weighted by Crippen LogP contribution is 2.29. The quantitative estimate of drug-likeness (QED) is 0.479. The van der Waals surface area contributed by atoms with E-state index in [1.165, 1.54) is 36.5 Å². The second kappa shape index (κ2) is 8.79. The third-order valence-corrected chi connectivity index (χ3v) is 5.53. The Hall–Kier alpha value is -3.36. The summed E-state index contributed by atoms with van der Waals surface area (Å²) in [6, 6.07) is 10.1. The van der Waals surface area contributed by atoms with Gasteiger partial charge in [-0.05, 0) is 43.7 Å². The Balaban J connectivity index is 1.55. The number of phenols is 1. The lowest BCUT2D eigenvalue weighted by molar-refractivity contribution is 0.0928. The highest BCUT2D eigenvalue weighted by Gasteiger charge is 2.24. The Bertz CT molecular complexity index is 1130. The van der Waals surface area contributed by atoms with Crippen molar-refractivity contribution in [2.24, 2.45) is 5.73 Å². The molecular weight excluding hydrogens is 399 g/mol. The lowest BCUT2D eigenvalue weighted by Crippen LogP contribution is -2.50. The minimum atomic E-state index is -0.876. The van der Waals surface area contributed by atoms with Gasteiger partial charge in [0.2, 0.25) is 0 Å². The van der Waals surface area contributed by atoms with Gasteiger partial charge in [0, 0.05) is 41.3 Å². The number of fused-ring (bicyclic) bond motifs is 1. The number of carbonyl (C=O) groups excluding carboxylic acids is 2. The molecule has 0 spiro atoms. The van der Waals surface area contributed by atoms with Crippen molar-refractivity contribution in [2.45, 2.75) is 24.9 Å². The number of nitrogens with zero attached hydrogens (tertiary/aromatic N) is 1. The molecule has 160 valence electrons. The van der Waals surface area contributed by atoms with E-state index < -0.39 is 22.9 Å². The zero-order valence-electron chi connectivity index (χ0n) is 16.8. The lowest BCUT2D eigenvalue weighted by Gasteiger charge is -2.22. The molecule has 4 rings (SSSR count). The number of rotatable bonds is 4. The van der Waals surface area contributed by atoms with Gasteiger partial charge < -0.3 is 21.5 Å². The predicted molar refractivity (Wildman–Crippen MR) is 115 cm³/mol. The number of hydrogen-bond donors (Lipinski definition) is 4. The summed E-state index contributed by atoms with van der Waals surface area (Å²) in [5.41, 5.74) is 6.20. The summed E-state index contributed by atoms with van der Waals surface area (Å²) in [5, 5.41) is 16.8. The van der Waals surface area contributed by atoms with Crippen LogP contribution >= 0.6 is 0 Å². The van der Waals surface area contributed by atoms with Crippen LogP contribution in [0.2, 0.25) is 0 Å². The number of carbonyl (C=O) groups is 2. The van der Waals surface area contributed by atoms with E-state index in [-0.39, 0.29) is 29.1 Å². The molecule has 31 heavy (non-hydrogen) atoms. The van der Waals surface area contributed by atoms with Gasteiger partial charge in [0.15, 0.2) is 11.6 Å². The van der Waals surface area contributed by atoms with Gasteiger partial charge in [0.1, 0.15) is 16.8 Å². The first-order valence-electron chi connectivity index (χ1n) is 10.1. The maximum Gasteiger partial charge on any atom is 0.251 e. The molecule has 1 fully saturated rings. The van der Waals surface area contributed by atoms with Gasteiger partial charge >= 0.3 is 0 Å². The number of aromatic hydroxyl groups is 1. The van der Waals surface area contributed by atoms with Gasteiger partial charge in [-0.3, -0.25) is 14.6 Å². The van der Waals surface area contributed by atoms with Crippen molar-refractivity contribution in [2.75, 3.05) is 13.1 Å². The Morgan fingerprint density at radius 3 is 2.71 bits per heavy atom. The summed E-state index contributed by atoms with van der Waals surface area (Å²) < 4.78 is 14.9. The van der Waals surface area contributed by atoms with E-state index in [9.17, 15) is 19.1 Å². The summed E-state index contributed by atoms with van der Waals surface area (Å²) in [7, 11) is 0. The van der Waals surface area contributed by atoms with E-state index in [0.717, 1.165) is 19.4 Å². The zero-order chi connectivity index (χ0) is 22.0. The first-order valence-corrected chi connectivity index (χ1v) is 10.1. The summed E-state index contributed by atoms with van der Waals surface area (Å²) in [5.74, 6) is -2.31. The molecule has 0 bridgehead atoms. The van der Waals surface area contributed by atoms with E-state index in [4.69, 9.17) is 5.73 Å². The molecule has 8 heteroatoms. The van der Waals surface area contributed by atoms with Crippen molar-refractivity contribution >= 4 is 22.6 Å². The van der Waals surface area contributed by atoms with Crippen LogP contribution in [-0.4, -0.2) is 47.0 Å². The normalized spacial score (nSPS) is 19.0. The zero-order valence-corrected chi connectivity index (χ0v) is 16.8. The third-order valence-electron chi connectivity index (χ3n) is 5.53. The molecule has 0 radical (unpaired) electrons. The molecule has 3 aromatic rings. The number of pyridine rings is 1. The topological polar surface area (TPSA) is 117 Å². The number of nitrogens with two attached hydrogens (primary N) is 1. The van der Waals surface area contributed by atoms with Crippen molar-refractivity contribution in [1.82, 2.24) is 15.6 Å². The SMILES string of the molecule is N[C@@H]1CNCCC[C@H]1NC(=O)c1ccc(C(=O)c2c(O)cc3cccnc3c2F)cc1. The molecule has 0 unspecified atom stereocenters. The van der Waals surface area contributed by atoms with E-state index in [0.29, 0.717) is 17.5 Å². The van der Waals surface area contributed by atoms with Crippen molar-refractivity contribution in [3.05, 3.63) is 71.2 Å². The molecule has 1 amide bonds. The Morgan fingerprint density at radius 1 is 1.19 bits per heavy atom. The number of aromatic nitrogens is 1. The fraction of sp³-hybridized carbons (Fsp3) is 0.261. The average Bonchev–Trinajstić information content (AvgIpc) is 2.97. The van der Waals surface area contributed by atoms with Crippen molar-refractivity contribution in [3.8, 4) is 5.75 Å². The highest BCUT2D eigenvalue weighted by molar-refractivity contribution is 6.13. The maximum atomic E-state index is 14.9. The minimum Gasteiger partial charge on any atom is -0.507 e. The van der Waals surface area contributed by atoms with Gasteiger partial charge in [-0.25, -0.2) is 4.39 Å². The third kappa shape index (κ3) is 4.26. The number of hydrogen-bond acceptors (Lipinski definition) is 6. The van der Waals surface area contributed by atoms with E-state index >= 15 is 0 Å². The maximum absolute atomic E-state index is 14.9. The molecule has 5 N–H and O–H groups in total. The monoisotopic (exact) mass is 422 g/mol. The van der Waals surface area contributed by atoms with Crippen LogP contribution in [0.1, 0.15) is 39.1 Å². The van der Waals surface area contributed by atoms with Crippen LogP contribution in [0.5, 0.6) is 5.75 Å². The second-order valence-corrected chi connectivity index (χ2v) is 7.66. The molecule has 1 aromatic heterocycles. The number of amides is 1. The van der Waals surface area contributed by atoms with Crippen LogP contribution in [0.15, 0.2) is 48.7 Å². The first kappa shape index (κ1) is 20.9. The Morgan fingerprint density at radius 2 is 1.94 bits per heavy atom. The summed E-state index contributed by atoms with van der Waals surface area (Å²) in [6.07, 6.45) is 3.12. The second-order valence-electron chi connectivity index (χ2n) is 7.66. The standard InChI is InChI=1S/C23H23FN4O3/c24-20-19(18(29)11-15-3-1-10-27-21(15)20)22(30)13-5-7-14(8-6-13)23(31)28-17-4-2-9-26-12-16(17)25/h1,3,5-8,10-11,16-17,26,29H,2,4,9,12,25H2,(H,28,31)/t16-,17-/m1/s1. The first-order chi connectivity index (χ1) is 15.0. The average molecular weight is 422 g/mol. The largest absolute Gasteiger partial charge is 0.507 e. The van der Waals surface area contributed by atoms with Crippen molar-refractivity contribution < 1.29 is 19.1 Å². The van der Waals surface area contributed by atoms with Crippen molar-refractivity contribution in [1.29, 1.82) is 0 Å². The van der Waals surface area contributed by atoms with E-state index in [2.05, 4.69) is 15.6 Å². The van der Waals surface area contributed by atoms with Crippen LogP contribution in [0.25, 0.3) is 10.9 Å². The van der Waals surface area contributed by atoms with Gasteiger partial charge in [-0.15, -0.1) is 0 Å². The Kier molecular flexibility index (Phi) is 5.92. The number of ketones is 1. The molecule has 2 aromatic carbocycles. The molecule has 0 saturated carbocycles. The lowest BCUT2D eigenvalue weighted by atomic mass is 9.98. The number of benzene rings is 2. The predicted octanol–water partition coefficient (Wildman–Crippen LogP) is 2.12. The van der Waals surface area contributed by atoms with Crippen LogP contribution in [0, 0.1) is 5.82 Å². The van der Waals surface area contributed by atoms with Gasteiger partial charge in [-0.1, -0.05) is 18.2 Å². The minimum absolute atomic E-state index is 0.00822. The van der Waals surface area contributed by atoms with Crippen molar-refractivity contribution in [3.63, 3.8) is 0 Å². The van der Waals surface area contributed by atoms with Gasteiger partial charge in [0.25, 0.3) is 5.91 Å². The van der Waals surface area contributed by atoms with E-state index in [1.807, 2.05) is 0 Å². The summed E-state index contributed by atoms with van der Waals surface area (Å²) in [4.78, 5) is 29.4. The van der Waals surface area contributed by atoms with Gasteiger partial charge in [0.05, 0.1) is 0 Å². The molecule has 7 nitrogen and oxygen atoms in total. The molecule has 1 saturated heterocycles. The number of nitrogens with one attached hydrogen (secondary N) is 2. The van der Waals surface area contributed by atoms with Crippen LogP contribution in [0.3, 0.4) is 0 Å². The van der Waals surface area contributed by atoms with Crippen LogP contribution in [0.4, 0.5) is 4.39 Å². The van der Waals surface area contributed by atoms with Crippen LogP contribution in [-0.2, 0) is 0 Å². The Labute approximate surface area is 178 Å². The number of phenolic OH excluding ortho intramolecular Hbond substituents is 1. The fourth-order valence-corrected chi connectivity index (χ4v) is 3.80. The van der Waals surface area contributed by atoms with E-state index in [1.54, 1.807) is 12.1 Å². The highest BCUT2D eigenvalue weighted by atomic mass is 19.1. The molecule has 1 aliphatic heterocycles. The van der Waals surface area contributed by atoms with Gasteiger partial charge in [-0.2, -0.15) is 0 Å². The summed E-state index contributed by atoms with van der Waals surface area (Å²) >= 11 is 0. The molecule has 0 aliphatic carbocycles. The molecule has 2 heterocycles. The summed E-state index contributed by atoms with van der Waals surface area (Å²) in [6.45, 7) is 1.50. The molecule has 2 atom stereocenters. The smallest absolute Gasteiger partial charge is 0.251 e. The molecule has 1 aliphatic rings. The van der Waals surface area contributed by atoms with Crippen LogP contribution < -0.4 is 16.4 Å². The number of halogens is 1. The molecular formula is C23H23FN4O3.